The molecule has 0 spiro atoms. The van der Waals surface area contributed by atoms with Gasteiger partial charge in [0.25, 0.3) is 5.56 Å². The highest BCUT2D eigenvalue weighted by atomic mass is 16.2. The Morgan fingerprint density at radius 1 is 0.963 bits per heavy atom. The molecule has 0 unspecified atom stereocenters. The van der Waals surface area contributed by atoms with Crippen molar-refractivity contribution in [1.29, 1.82) is 0 Å². The zero-order valence-corrected chi connectivity index (χ0v) is 15.9. The molecule has 3 rings (SSSR count). The number of rotatable bonds is 5. The summed E-state index contributed by atoms with van der Waals surface area (Å²) in [4.78, 5) is 25.2. The van der Waals surface area contributed by atoms with Gasteiger partial charge in [0.15, 0.2) is 0 Å². The van der Waals surface area contributed by atoms with Crippen molar-refractivity contribution in [1.82, 2.24) is 9.88 Å². The standard InChI is InChI=1S/C22H25N3O2/c1-15(2)13-25-14-20(18-11-7-8-12-19(18)21(25)26)24-22(27)23-16(3)17-9-5-4-6-10-17/h4-12,14-16H,13H2,1-3H3,(H2,23,24,27)/t16-/m0/s1. The second-order valence-corrected chi connectivity index (χ2v) is 7.17. The van der Waals surface area contributed by atoms with Crippen LogP contribution in [0, 0.1) is 5.92 Å². The maximum atomic E-state index is 12.7. The Bertz CT molecular complexity index is 993. The summed E-state index contributed by atoms with van der Waals surface area (Å²) in [5.74, 6) is 0.323. The van der Waals surface area contributed by atoms with Crippen molar-refractivity contribution in [2.75, 3.05) is 5.32 Å². The van der Waals surface area contributed by atoms with Crippen molar-refractivity contribution >= 4 is 22.5 Å². The van der Waals surface area contributed by atoms with Crippen LogP contribution in [0.4, 0.5) is 10.5 Å². The smallest absolute Gasteiger partial charge is 0.319 e. The largest absolute Gasteiger partial charge is 0.331 e. The maximum absolute atomic E-state index is 12.7. The van der Waals surface area contributed by atoms with Gasteiger partial charge < -0.3 is 15.2 Å². The third kappa shape index (κ3) is 4.37. The van der Waals surface area contributed by atoms with Crippen LogP contribution in [-0.2, 0) is 6.54 Å². The number of hydrogen-bond acceptors (Lipinski definition) is 2. The second-order valence-electron chi connectivity index (χ2n) is 7.17. The van der Waals surface area contributed by atoms with E-state index in [9.17, 15) is 9.59 Å². The molecule has 0 saturated carbocycles. The number of hydrogen-bond donors (Lipinski definition) is 2. The van der Waals surface area contributed by atoms with Crippen molar-refractivity contribution in [3.05, 3.63) is 76.7 Å². The molecular weight excluding hydrogens is 338 g/mol. The first-order chi connectivity index (χ1) is 13.0. The number of anilines is 1. The lowest BCUT2D eigenvalue weighted by molar-refractivity contribution is 0.249. The lowest BCUT2D eigenvalue weighted by Gasteiger charge is -2.17. The summed E-state index contributed by atoms with van der Waals surface area (Å²) in [5.41, 5.74) is 1.62. The van der Waals surface area contributed by atoms with Gasteiger partial charge in [-0.3, -0.25) is 4.79 Å². The molecule has 3 aromatic rings. The highest BCUT2D eigenvalue weighted by Crippen LogP contribution is 2.21. The molecule has 0 radical (unpaired) electrons. The number of nitrogens with zero attached hydrogens (tertiary/aromatic N) is 1. The number of pyridine rings is 1. The summed E-state index contributed by atoms with van der Waals surface area (Å²) in [5, 5.41) is 7.21. The predicted molar refractivity (Wildman–Crippen MR) is 110 cm³/mol. The van der Waals surface area contributed by atoms with Crippen LogP contribution in [-0.4, -0.2) is 10.6 Å². The van der Waals surface area contributed by atoms with Gasteiger partial charge in [-0.05, 0) is 24.5 Å². The zero-order valence-electron chi connectivity index (χ0n) is 15.9. The maximum Gasteiger partial charge on any atom is 0.319 e. The van der Waals surface area contributed by atoms with Crippen LogP contribution in [0.15, 0.2) is 65.6 Å². The van der Waals surface area contributed by atoms with Gasteiger partial charge in [0.2, 0.25) is 0 Å². The van der Waals surface area contributed by atoms with Gasteiger partial charge in [-0.2, -0.15) is 0 Å². The molecule has 0 saturated heterocycles. The molecular formula is C22H25N3O2. The number of urea groups is 1. The highest BCUT2D eigenvalue weighted by Gasteiger charge is 2.13. The second kappa shape index (κ2) is 8.08. The van der Waals surface area contributed by atoms with Crippen LogP contribution < -0.4 is 16.2 Å². The van der Waals surface area contributed by atoms with Gasteiger partial charge in [0.05, 0.1) is 11.7 Å². The van der Waals surface area contributed by atoms with E-state index in [4.69, 9.17) is 0 Å². The Labute approximate surface area is 159 Å². The summed E-state index contributed by atoms with van der Waals surface area (Å²) in [6.07, 6.45) is 1.73. The zero-order chi connectivity index (χ0) is 19.4. The predicted octanol–water partition coefficient (Wildman–Crippen LogP) is 4.54. The van der Waals surface area contributed by atoms with E-state index in [0.717, 1.165) is 10.9 Å². The summed E-state index contributed by atoms with van der Waals surface area (Å²) in [6, 6.07) is 16.7. The van der Waals surface area contributed by atoms with E-state index in [1.165, 1.54) is 0 Å². The first-order valence-electron chi connectivity index (χ1n) is 9.20. The van der Waals surface area contributed by atoms with Crippen molar-refractivity contribution in [3.8, 4) is 0 Å². The SMILES string of the molecule is CC(C)Cn1cc(NC(=O)N[C@@H](C)c2ccccc2)c2ccccc2c1=O. The molecule has 5 nitrogen and oxygen atoms in total. The monoisotopic (exact) mass is 363 g/mol. The van der Waals surface area contributed by atoms with Crippen molar-refractivity contribution in [3.63, 3.8) is 0 Å². The Hall–Kier alpha value is -3.08. The van der Waals surface area contributed by atoms with Gasteiger partial charge in [-0.25, -0.2) is 4.79 Å². The molecule has 1 heterocycles. The third-order valence-corrected chi connectivity index (χ3v) is 4.45. The van der Waals surface area contributed by atoms with E-state index in [1.807, 2.05) is 55.5 Å². The van der Waals surface area contributed by atoms with E-state index in [1.54, 1.807) is 16.8 Å². The molecule has 0 fully saturated rings. The molecule has 1 aromatic heterocycles. The van der Waals surface area contributed by atoms with E-state index >= 15 is 0 Å². The van der Waals surface area contributed by atoms with Gasteiger partial charge in [0.1, 0.15) is 0 Å². The minimum absolute atomic E-state index is 0.0390. The van der Waals surface area contributed by atoms with Gasteiger partial charge >= 0.3 is 6.03 Å². The third-order valence-electron chi connectivity index (χ3n) is 4.45. The molecule has 140 valence electrons. The summed E-state index contributed by atoms with van der Waals surface area (Å²) in [6.45, 7) is 6.65. The van der Waals surface area contributed by atoms with Crippen molar-refractivity contribution in [2.24, 2.45) is 5.92 Å². The number of aromatic nitrogens is 1. The first-order valence-corrected chi connectivity index (χ1v) is 9.20. The summed E-state index contributed by atoms with van der Waals surface area (Å²) in [7, 11) is 0. The van der Waals surface area contributed by atoms with Gasteiger partial charge in [0, 0.05) is 23.5 Å². The molecule has 2 amide bonds. The van der Waals surface area contributed by atoms with Gasteiger partial charge in [-0.1, -0.05) is 62.4 Å². The molecule has 27 heavy (non-hydrogen) atoms. The lowest BCUT2D eigenvalue weighted by Crippen LogP contribution is -2.32. The minimum atomic E-state index is -0.300. The lowest BCUT2D eigenvalue weighted by atomic mass is 10.1. The fourth-order valence-corrected chi connectivity index (χ4v) is 3.15. The topological polar surface area (TPSA) is 63.1 Å². The molecule has 2 N–H and O–H groups in total. The first kappa shape index (κ1) is 18.7. The van der Waals surface area contributed by atoms with Crippen LogP contribution >= 0.6 is 0 Å². The minimum Gasteiger partial charge on any atom is -0.331 e. The van der Waals surface area contributed by atoms with E-state index < -0.39 is 0 Å². The van der Waals surface area contributed by atoms with E-state index in [2.05, 4.69) is 24.5 Å². The molecule has 0 aliphatic carbocycles. The summed E-state index contributed by atoms with van der Waals surface area (Å²) < 4.78 is 1.67. The molecule has 0 aliphatic rings. The van der Waals surface area contributed by atoms with Crippen LogP contribution in [0.1, 0.15) is 32.4 Å². The average Bonchev–Trinajstić information content (AvgIpc) is 2.66. The van der Waals surface area contributed by atoms with Crippen LogP contribution in [0.5, 0.6) is 0 Å². The fourth-order valence-electron chi connectivity index (χ4n) is 3.15. The normalized spacial score (nSPS) is 12.1. The number of carbonyl (C=O) groups is 1. The number of amides is 2. The van der Waals surface area contributed by atoms with E-state index in [0.29, 0.717) is 23.5 Å². The summed E-state index contributed by atoms with van der Waals surface area (Å²) >= 11 is 0. The number of fused-ring (bicyclic) bond motifs is 1. The van der Waals surface area contributed by atoms with Crippen molar-refractivity contribution < 1.29 is 4.79 Å². The van der Waals surface area contributed by atoms with Gasteiger partial charge in [-0.15, -0.1) is 0 Å². The van der Waals surface area contributed by atoms with Crippen LogP contribution in [0.25, 0.3) is 10.8 Å². The van der Waals surface area contributed by atoms with Crippen LogP contribution in [0.3, 0.4) is 0 Å². The Morgan fingerprint density at radius 2 is 1.59 bits per heavy atom. The quantitative estimate of drug-likeness (QED) is 0.699. The molecule has 0 aliphatic heterocycles. The number of carbonyl (C=O) groups excluding carboxylic acids is 1. The van der Waals surface area contributed by atoms with Crippen molar-refractivity contribution in [2.45, 2.75) is 33.4 Å². The Morgan fingerprint density at radius 3 is 2.26 bits per heavy atom. The Kier molecular flexibility index (Phi) is 5.60. The fraction of sp³-hybridized carbons (Fsp3) is 0.273. The Balaban J connectivity index is 1.88. The molecule has 1 atom stereocenters. The average molecular weight is 363 g/mol. The molecule has 2 aromatic carbocycles. The number of nitrogens with one attached hydrogen (secondary N) is 2. The molecule has 0 bridgehead atoms. The highest BCUT2D eigenvalue weighted by molar-refractivity contribution is 6.01. The van der Waals surface area contributed by atoms with E-state index in [-0.39, 0.29) is 17.6 Å². The molecule has 5 heteroatoms. The van der Waals surface area contributed by atoms with Crippen LogP contribution in [0.2, 0.25) is 0 Å². The number of benzene rings is 2.